The SMILES string of the molecule is COC1CCC(n2c(C(C)Cl)nc3cc(I)ccc32)C1. The molecule has 1 aromatic heterocycles. The van der Waals surface area contributed by atoms with Gasteiger partial charge in [-0.2, -0.15) is 0 Å². The molecule has 0 N–H and O–H groups in total. The summed E-state index contributed by atoms with van der Waals surface area (Å²) in [5, 5.41) is -0.0818. The zero-order valence-electron chi connectivity index (χ0n) is 11.6. The molecule has 3 unspecified atom stereocenters. The Balaban J connectivity index is 2.10. The van der Waals surface area contributed by atoms with Crippen LogP contribution in [-0.4, -0.2) is 22.8 Å². The minimum Gasteiger partial charge on any atom is -0.381 e. The zero-order valence-corrected chi connectivity index (χ0v) is 14.6. The molecule has 1 aliphatic carbocycles. The average molecular weight is 405 g/mol. The van der Waals surface area contributed by atoms with Gasteiger partial charge in [0, 0.05) is 16.7 Å². The summed E-state index contributed by atoms with van der Waals surface area (Å²) in [4.78, 5) is 4.75. The van der Waals surface area contributed by atoms with Crippen LogP contribution in [0.4, 0.5) is 0 Å². The highest BCUT2D eigenvalue weighted by Crippen LogP contribution is 2.37. The smallest absolute Gasteiger partial charge is 0.127 e. The number of hydrogen-bond donors (Lipinski definition) is 0. The van der Waals surface area contributed by atoms with Gasteiger partial charge in [-0.05, 0) is 67.0 Å². The van der Waals surface area contributed by atoms with Crippen molar-refractivity contribution in [1.82, 2.24) is 9.55 Å². The lowest BCUT2D eigenvalue weighted by atomic mass is 10.2. The summed E-state index contributed by atoms with van der Waals surface area (Å²) >= 11 is 8.67. The highest BCUT2D eigenvalue weighted by molar-refractivity contribution is 14.1. The van der Waals surface area contributed by atoms with Crippen LogP contribution in [0.15, 0.2) is 18.2 Å². The number of methoxy groups -OCH3 is 1. The molecular formula is C15H18ClIN2O. The Morgan fingerprint density at radius 3 is 2.90 bits per heavy atom. The maximum atomic E-state index is 6.35. The second kappa shape index (κ2) is 5.81. The monoisotopic (exact) mass is 404 g/mol. The third kappa shape index (κ3) is 2.57. The van der Waals surface area contributed by atoms with Crippen LogP contribution in [0, 0.1) is 3.57 Å². The molecule has 0 spiro atoms. The molecule has 3 atom stereocenters. The van der Waals surface area contributed by atoms with Gasteiger partial charge in [-0.25, -0.2) is 4.98 Å². The lowest BCUT2D eigenvalue weighted by molar-refractivity contribution is 0.106. The van der Waals surface area contributed by atoms with Crippen molar-refractivity contribution in [3.8, 4) is 0 Å². The summed E-state index contributed by atoms with van der Waals surface area (Å²) in [6, 6.07) is 6.86. The van der Waals surface area contributed by atoms with Crippen LogP contribution in [-0.2, 0) is 4.74 Å². The van der Waals surface area contributed by atoms with Gasteiger partial charge < -0.3 is 9.30 Å². The zero-order chi connectivity index (χ0) is 14.3. The largest absolute Gasteiger partial charge is 0.381 e. The molecule has 1 aliphatic rings. The topological polar surface area (TPSA) is 27.1 Å². The normalized spacial score (nSPS) is 24.4. The van der Waals surface area contributed by atoms with Crippen LogP contribution >= 0.6 is 34.2 Å². The van der Waals surface area contributed by atoms with E-state index in [1.165, 1.54) is 9.09 Å². The maximum Gasteiger partial charge on any atom is 0.127 e. The molecule has 1 fully saturated rings. The van der Waals surface area contributed by atoms with E-state index in [2.05, 4.69) is 45.4 Å². The van der Waals surface area contributed by atoms with Crippen LogP contribution in [0.5, 0.6) is 0 Å². The highest BCUT2D eigenvalue weighted by atomic mass is 127. The first-order valence-corrected chi connectivity index (χ1v) is 8.46. The number of alkyl halides is 1. The Hall–Kier alpha value is -0.330. The number of halogens is 2. The van der Waals surface area contributed by atoms with Crippen molar-refractivity contribution < 1.29 is 4.74 Å². The van der Waals surface area contributed by atoms with Crippen molar-refractivity contribution in [2.24, 2.45) is 0 Å². The molecule has 0 aliphatic heterocycles. The Kier molecular flexibility index (Phi) is 4.24. The average Bonchev–Trinajstić information content (AvgIpc) is 3.00. The van der Waals surface area contributed by atoms with Gasteiger partial charge in [0.1, 0.15) is 5.82 Å². The molecule has 1 saturated carbocycles. The van der Waals surface area contributed by atoms with Gasteiger partial charge in [-0.1, -0.05) is 0 Å². The van der Waals surface area contributed by atoms with E-state index in [1.54, 1.807) is 7.11 Å². The minimum absolute atomic E-state index is 0.0818. The van der Waals surface area contributed by atoms with Gasteiger partial charge in [0.25, 0.3) is 0 Å². The number of fused-ring (bicyclic) bond motifs is 1. The first-order chi connectivity index (χ1) is 9.60. The number of imidazole rings is 1. The maximum absolute atomic E-state index is 6.35. The van der Waals surface area contributed by atoms with Crippen LogP contribution in [0.25, 0.3) is 11.0 Å². The van der Waals surface area contributed by atoms with E-state index in [9.17, 15) is 0 Å². The first-order valence-electron chi connectivity index (χ1n) is 6.94. The van der Waals surface area contributed by atoms with E-state index in [4.69, 9.17) is 21.3 Å². The van der Waals surface area contributed by atoms with Crippen LogP contribution in [0.1, 0.15) is 43.4 Å². The molecule has 20 heavy (non-hydrogen) atoms. The van der Waals surface area contributed by atoms with Gasteiger partial charge in [0.05, 0.1) is 22.5 Å². The molecule has 2 aromatic rings. The Labute approximate surface area is 137 Å². The fourth-order valence-electron chi connectivity index (χ4n) is 3.12. The quantitative estimate of drug-likeness (QED) is 0.548. The molecule has 0 amide bonds. The number of nitrogens with zero attached hydrogens (tertiary/aromatic N) is 2. The third-order valence-electron chi connectivity index (χ3n) is 4.09. The Morgan fingerprint density at radius 2 is 2.25 bits per heavy atom. The van der Waals surface area contributed by atoms with Gasteiger partial charge in [-0.3, -0.25) is 0 Å². The van der Waals surface area contributed by atoms with Crippen molar-refractivity contribution in [1.29, 1.82) is 0 Å². The van der Waals surface area contributed by atoms with Crippen LogP contribution in [0.2, 0.25) is 0 Å². The molecule has 0 saturated heterocycles. The third-order valence-corrected chi connectivity index (χ3v) is 4.96. The second-order valence-corrected chi connectivity index (χ2v) is 7.31. The number of benzene rings is 1. The molecule has 3 rings (SSSR count). The van der Waals surface area contributed by atoms with Crippen LogP contribution < -0.4 is 0 Å². The number of rotatable bonds is 3. The molecule has 1 aromatic carbocycles. The molecule has 108 valence electrons. The molecule has 1 heterocycles. The second-order valence-electron chi connectivity index (χ2n) is 5.41. The number of ether oxygens (including phenoxy) is 1. The lowest BCUT2D eigenvalue weighted by Gasteiger charge is -2.18. The molecular weight excluding hydrogens is 387 g/mol. The summed E-state index contributed by atoms with van der Waals surface area (Å²) in [5.41, 5.74) is 2.23. The standard InChI is InChI=1S/C15H18ClIN2O/c1-9(16)15-18-13-7-10(17)3-6-14(13)19(15)11-4-5-12(8-11)20-2/h3,6-7,9,11-12H,4-5,8H2,1-2H3. The summed E-state index contributed by atoms with van der Waals surface area (Å²) in [7, 11) is 1.80. The predicted octanol–water partition coefficient (Wildman–Crippen LogP) is 4.68. The van der Waals surface area contributed by atoms with Crippen molar-refractivity contribution >= 4 is 45.2 Å². The summed E-state index contributed by atoms with van der Waals surface area (Å²) in [5.74, 6) is 0.977. The van der Waals surface area contributed by atoms with Crippen molar-refractivity contribution in [2.75, 3.05) is 7.11 Å². The Morgan fingerprint density at radius 1 is 1.45 bits per heavy atom. The Bertz CT molecular complexity index is 626. The summed E-state index contributed by atoms with van der Waals surface area (Å²) < 4.78 is 9.04. The number of aromatic nitrogens is 2. The van der Waals surface area contributed by atoms with Gasteiger partial charge in [-0.15, -0.1) is 11.6 Å². The molecule has 0 bridgehead atoms. The predicted molar refractivity (Wildman–Crippen MR) is 90.4 cm³/mol. The minimum atomic E-state index is -0.0818. The fraction of sp³-hybridized carbons (Fsp3) is 0.533. The highest BCUT2D eigenvalue weighted by Gasteiger charge is 2.29. The van der Waals surface area contributed by atoms with Gasteiger partial charge >= 0.3 is 0 Å². The van der Waals surface area contributed by atoms with E-state index < -0.39 is 0 Å². The molecule has 0 radical (unpaired) electrons. The molecule has 3 nitrogen and oxygen atoms in total. The first kappa shape index (κ1) is 14.6. The van der Waals surface area contributed by atoms with E-state index in [-0.39, 0.29) is 5.38 Å². The van der Waals surface area contributed by atoms with Crippen molar-refractivity contribution in [3.63, 3.8) is 0 Å². The van der Waals surface area contributed by atoms with Gasteiger partial charge in [0.15, 0.2) is 0 Å². The lowest BCUT2D eigenvalue weighted by Crippen LogP contribution is -2.12. The molecule has 5 heteroatoms. The fourth-order valence-corrected chi connectivity index (χ4v) is 3.75. The van der Waals surface area contributed by atoms with E-state index in [0.29, 0.717) is 12.1 Å². The summed E-state index contributed by atoms with van der Waals surface area (Å²) in [6.45, 7) is 1.99. The van der Waals surface area contributed by atoms with E-state index in [0.717, 1.165) is 30.6 Å². The van der Waals surface area contributed by atoms with Crippen molar-refractivity contribution in [2.45, 2.75) is 43.7 Å². The van der Waals surface area contributed by atoms with Crippen molar-refractivity contribution in [3.05, 3.63) is 27.6 Å². The van der Waals surface area contributed by atoms with Crippen LogP contribution in [0.3, 0.4) is 0 Å². The van der Waals surface area contributed by atoms with E-state index in [1.807, 2.05) is 6.92 Å². The van der Waals surface area contributed by atoms with Gasteiger partial charge in [0.2, 0.25) is 0 Å². The number of hydrogen-bond acceptors (Lipinski definition) is 2. The van der Waals surface area contributed by atoms with E-state index >= 15 is 0 Å². The summed E-state index contributed by atoms with van der Waals surface area (Å²) in [6.07, 6.45) is 3.65.